The van der Waals surface area contributed by atoms with Crippen LogP contribution in [-0.2, 0) is 12.8 Å². The van der Waals surface area contributed by atoms with Crippen LogP contribution >= 0.6 is 0 Å². The summed E-state index contributed by atoms with van der Waals surface area (Å²) < 4.78 is 6.42. The Labute approximate surface area is 277 Å². The highest BCUT2D eigenvalue weighted by Crippen LogP contribution is 2.49. The zero-order chi connectivity index (χ0) is 31.9. The van der Waals surface area contributed by atoms with Gasteiger partial charge in [0, 0.05) is 0 Å². The molecular formula is C44H51NO. The van der Waals surface area contributed by atoms with Crippen LogP contribution in [0.1, 0.15) is 105 Å². The molecule has 1 aliphatic heterocycles. The van der Waals surface area contributed by atoms with Gasteiger partial charge in [0.25, 0.3) is 0 Å². The van der Waals surface area contributed by atoms with Crippen molar-refractivity contribution in [3.63, 3.8) is 0 Å². The normalized spacial score (nSPS) is 15.5. The fourth-order valence-electron chi connectivity index (χ4n) is 7.30. The Balaban J connectivity index is 1.42. The van der Waals surface area contributed by atoms with Crippen LogP contribution in [0.15, 0.2) is 97.1 Å². The molecular weight excluding hydrogens is 558 g/mol. The van der Waals surface area contributed by atoms with Gasteiger partial charge in [-0.2, -0.15) is 0 Å². The molecule has 0 N–H and O–H groups in total. The fourth-order valence-corrected chi connectivity index (χ4v) is 7.30. The Morgan fingerprint density at radius 1 is 0.630 bits per heavy atom. The average molecular weight is 610 g/mol. The molecule has 6 rings (SSSR count). The van der Waals surface area contributed by atoms with Crippen molar-refractivity contribution in [3.05, 3.63) is 130 Å². The maximum absolute atomic E-state index is 6.42. The van der Waals surface area contributed by atoms with Gasteiger partial charge < -0.3 is 9.64 Å². The summed E-state index contributed by atoms with van der Waals surface area (Å²) in [5, 5.41) is 0. The fraction of sp³-hybridized carbons (Fsp3) is 0.364. The van der Waals surface area contributed by atoms with Crippen molar-refractivity contribution in [2.45, 2.75) is 104 Å². The van der Waals surface area contributed by atoms with Crippen molar-refractivity contribution in [1.82, 2.24) is 0 Å². The van der Waals surface area contributed by atoms with E-state index in [9.17, 15) is 0 Å². The number of para-hydroxylation sites is 4. The maximum Gasteiger partial charge on any atom is 0.151 e. The van der Waals surface area contributed by atoms with Crippen LogP contribution in [0.5, 0.6) is 11.5 Å². The van der Waals surface area contributed by atoms with Gasteiger partial charge in [-0.3, -0.25) is 0 Å². The number of nitrogens with zero attached hydrogens (tertiary/aromatic N) is 1. The van der Waals surface area contributed by atoms with Crippen LogP contribution in [0.3, 0.4) is 0 Å². The van der Waals surface area contributed by atoms with E-state index in [0.717, 1.165) is 42.1 Å². The van der Waals surface area contributed by atoms with E-state index in [4.69, 9.17) is 4.74 Å². The largest absolute Gasteiger partial charge is 0.453 e. The van der Waals surface area contributed by atoms with Gasteiger partial charge in [-0.1, -0.05) is 136 Å². The van der Waals surface area contributed by atoms with E-state index in [2.05, 4.69) is 130 Å². The van der Waals surface area contributed by atoms with E-state index < -0.39 is 0 Å². The van der Waals surface area contributed by atoms with Crippen LogP contribution in [-0.4, -0.2) is 6.04 Å². The molecule has 0 amide bonds. The second-order valence-corrected chi connectivity index (χ2v) is 13.5. The number of hydrogen-bond acceptors (Lipinski definition) is 2. The Hall–Kier alpha value is -4.04. The predicted molar refractivity (Wildman–Crippen MR) is 198 cm³/mol. The molecule has 0 bridgehead atoms. The highest BCUT2D eigenvalue weighted by molar-refractivity contribution is 5.90. The Bertz CT molecular complexity index is 1660. The average Bonchev–Trinajstić information content (AvgIpc) is 3.07. The molecule has 0 radical (unpaired) electrons. The summed E-state index contributed by atoms with van der Waals surface area (Å²) >= 11 is 0. The van der Waals surface area contributed by atoms with Crippen molar-refractivity contribution >= 4 is 22.5 Å². The number of ether oxygens (including phenoxy) is 1. The van der Waals surface area contributed by atoms with Gasteiger partial charge in [0.1, 0.15) is 0 Å². The molecule has 0 aromatic heterocycles. The minimum absolute atomic E-state index is 0.142. The van der Waals surface area contributed by atoms with Gasteiger partial charge in [0.05, 0.1) is 17.4 Å². The number of unbranched alkanes of at least 4 members (excludes halogenated alkanes) is 6. The van der Waals surface area contributed by atoms with Crippen LogP contribution < -0.4 is 9.64 Å². The zero-order valence-corrected chi connectivity index (χ0v) is 28.4. The first-order valence-electron chi connectivity index (χ1n) is 17.8. The number of benzene rings is 4. The highest BCUT2D eigenvalue weighted by Gasteiger charge is 2.31. The smallest absolute Gasteiger partial charge is 0.151 e. The lowest BCUT2D eigenvalue weighted by atomic mass is 9.85. The first-order valence-corrected chi connectivity index (χ1v) is 17.8. The Morgan fingerprint density at radius 2 is 1.17 bits per heavy atom. The molecule has 2 nitrogen and oxygen atoms in total. The SMILES string of the molecule is CCCCCCc1cc(C)cc(C2=CC(N3c4ccccc4Oc4ccccc43)CC(c3cc(C)cc(CCCCCC)c3)=C2)c1. The van der Waals surface area contributed by atoms with Gasteiger partial charge >= 0.3 is 0 Å². The van der Waals surface area contributed by atoms with E-state index >= 15 is 0 Å². The topological polar surface area (TPSA) is 12.5 Å². The molecule has 4 aromatic rings. The molecule has 238 valence electrons. The molecule has 4 aromatic carbocycles. The van der Waals surface area contributed by atoms with Crippen molar-refractivity contribution in [2.24, 2.45) is 0 Å². The summed E-state index contributed by atoms with van der Waals surface area (Å²) in [4.78, 5) is 2.52. The summed E-state index contributed by atoms with van der Waals surface area (Å²) in [6.45, 7) is 9.09. The van der Waals surface area contributed by atoms with Crippen molar-refractivity contribution < 1.29 is 4.74 Å². The third kappa shape index (κ3) is 7.49. The lowest BCUT2D eigenvalue weighted by Crippen LogP contribution is -2.33. The van der Waals surface area contributed by atoms with E-state index in [1.807, 2.05) is 0 Å². The van der Waals surface area contributed by atoms with Crippen molar-refractivity contribution in [1.29, 1.82) is 0 Å². The van der Waals surface area contributed by atoms with E-state index in [1.165, 1.54) is 95.9 Å². The molecule has 46 heavy (non-hydrogen) atoms. The highest BCUT2D eigenvalue weighted by atomic mass is 16.5. The molecule has 2 aliphatic rings. The van der Waals surface area contributed by atoms with Gasteiger partial charge in [-0.05, 0) is 104 Å². The van der Waals surface area contributed by atoms with Crippen LogP contribution in [0.4, 0.5) is 11.4 Å². The lowest BCUT2D eigenvalue weighted by molar-refractivity contribution is 0.470. The maximum atomic E-state index is 6.42. The van der Waals surface area contributed by atoms with Gasteiger partial charge in [-0.25, -0.2) is 0 Å². The van der Waals surface area contributed by atoms with Crippen LogP contribution in [0.2, 0.25) is 0 Å². The van der Waals surface area contributed by atoms with Gasteiger partial charge in [0.2, 0.25) is 0 Å². The second kappa shape index (κ2) is 15.0. The molecule has 1 heterocycles. The number of aryl methyl sites for hydroxylation is 4. The first kappa shape index (κ1) is 31.9. The first-order chi connectivity index (χ1) is 22.5. The zero-order valence-electron chi connectivity index (χ0n) is 28.4. The third-order valence-electron chi connectivity index (χ3n) is 9.55. The Kier molecular flexibility index (Phi) is 10.4. The molecule has 1 atom stereocenters. The number of fused-ring (bicyclic) bond motifs is 2. The number of anilines is 2. The summed E-state index contributed by atoms with van der Waals surface area (Å²) in [5.74, 6) is 1.84. The van der Waals surface area contributed by atoms with E-state index in [0.29, 0.717) is 0 Å². The monoisotopic (exact) mass is 609 g/mol. The number of hydrogen-bond donors (Lipinski definition) is 0. The van der Waals surface area contributed by atoms with Gasteiger partial charge in [-0.15, -0.1) is 0 Å². The summed E-state index contributed by atoms with van der Waals surface area (Å²) in [7, 11) is 0. The summed E-state index contributed by atoms with van der Waals surface area (Å²) in [5.41, 5.74) is 13.3. The quantitative estimate of drug-likeness (QED) is 0.140. The number of allylic oxidation sites excluding steroid dienone is 2. The van der Waals surface area contributed by atoms with Crippen molar-refractivity contribution in [3.8, 4) is 11.5 Å². The minimum atomic E-state index is 0.142. The molecule has 0 spiro atoms. The van der Waals surface area contributed by atoms with E-state index in [-0.39, 0.29) is 6.04 Å². The van der Waals surface area contributed by atoms with Crippen LogP contribution in [0.25, 0.3) is 11.1 Å². The molecule has 2 heteroatoms. The molecule has 0 fully saturated rings. The Morgan fingerprint density at radius 3 is 1.76 bits per heavy atom. The van der Waals surface area contributed by atoms with E-state index in [1.54, 1.807) is 0 Å². The summed E-state index contributed by atoms with van der Waals surface area (Å²) in [6, 6.07) is 31.6. The van der Waals surface area contributed by atoms with Crippen molar-refractivity contribution in [2.75, 3.05) is 4.90 Å². The standard InChI is InChI=1S/C44H51NO/c1-5-7-9-11-17-34-23-32(3)25-36(27-34)38-29-39(37-26-33(4)24-35(28-37)18-12-10-8-6-2)31-40(30-38)45-41-19-13-15-21-43(41)46-44-22-16-14-20-42(44)45/h13-16,19-30,40H,5-12,17-18,31H2,1-4H3. The minimum Gasteiger partial charge on any atom is -0.453 e. The second-order valence-electron chi connectivity index (χ2n) is 13.5. The number of rotatable bonds is 13. The molecule has 0 saturated heterocycles. The predicted octanol–water partition coefficient (Wildman–Crippen LogP) is 12.7. The van der Waals surface area contributed by atoms with Crippen LogP contribution in [0, 0.1) is 13.8 Å². The lowest BCUT2D eigenvalue weighted by Gasteiger charge is -2.39. The molecule has 0 saturated carbocycles. The molecule has 1 unspecified atom stereocenters. The third-order valence-corrected chi connectivity index (χ3v) is 9.55. The molecule has 1 aliphatic carbocycles. The van der Waals surface area contributed by atoms with Gasteiger partial charge in [0.15, 0.2) is 11.5 Å². The summed E-state index contributed by atoms with van der Waals surface area (Å²) in [6.07, 6.45) is 18.5.